The molecule has 2 aromatic rings. The Bertz CT molecular complexity index is 610. The van der Waals surface area contributed by atoms with Crippen molar-refractivity contribution in [2.45, 2.75) is 52.6 Å². The lowest BCUT2D eigenvalue weighted by molar-refractivity contribution is 0.439. The molecule has 124 valence electrons. The third-order valence-electron chi connectivity index (χ3n) is 2.54. The summed E-state index contributed by atoms with van der Waals surface area (Å²) in [5.74, 6) is 1.64. The van der Waals surface area contributed by atoms with Gasteiger partial charge in [0.15, 0.2) is 0 Å². The number of hydrogen-bond donors (Lipinski definition) is 2. The fourth-order valence-corrected chi connectivity index (χ4v) is 1.78. The van der Waals surface area contributed by atoms with Crippen LogP contribution < -0.4 is 15.4 Å². The van der Waals surface area contributed by atoms with Gasteiger partial charge in [-0.05, 0) is 53.7 Å². The Labute approximate surface area is 137 Å². The molecule has 0 bridgehead atoms. The molecular weight excluding hydrogens is 290 g/mol. The van der Waals surface area contributed by atoms with Crippen LogP contribution >= 0.6 is 0 Å². The van der Waals surface area contributed by atoms with Gasteiger partial charge in [-0.25, -0.2) is 0 Å². The number of nitrogens with zero attached hydrogens (tertiary/aromatic N) is 3. The first kappa shape index (κ1) is 17.0. The minimum Gasteiger partial charge on any atom is -0.424 e. The van der Waals surface area contributed by atoms with Crippen molar-refractivity contribution in [1.82, 2.24) is 15.0 Å². The monoisotopic (exact) mass is 315 g/mol. The molecule has 1 aromatic heterocycles. The van der Waals surface area contributed by atoms with Gasteiger partial charge in [-0.15, -0.1) is 0 Å². The van der Waals surface area contributed by atoms with Gasteiger partial charge in [-0.2, -0.15) is 15.0 Å². The van der Waals surface area contributed by atoms with Crippen LogP contribution in [0.25, 0.3) is 0 Å². The number of para-hydroxylation sites is 1. The van der Waals surface area contributed by atoms with E-state index < -0.39 is 0 Å². The highest BCUT2D eigenvalue weighted by atomic mass is 16.5. The standard InChI is InChI=1S/C17H25N5O/c1-16(2,3)21-13-18-14(22-17(4,5)6)20-15(19-13)23-12-10-8-7-9-11-12/h7-11H,1-6H3,(H2,18,19,20,21,22). The lowest BCUT2D eigenvalue weighted by Crippen LogP contribution is -2.30. The summed E-state index contributed by atoms with van der Waals surface area (Å²) in [6.45, 7) is 12.3. The van der Waals surface area contributed by atoms with Crippen LogP contribution in [0.15, 0.2) is 30.3 Å². The third-order valence-corrected chi connectivity index (χ3v) is 2.54. The highest BCUT2D eigenvalue weighted by Crippen LogP contribution is 2.22. The van der Waals surface area contributed by atoms with Crippen LogP contribution in [0.2, 0.25) is 0 Å². The van der Waals surface area contributed by atoms with Crippen molar-refractivity contribution in [3.8, 4) is 11.8 Å². The molecule has 0 aliphatic rings. The number of hydrogen-bond acceptors (Lipinski definition) is 6. The van der Waals surface area contributed by atoms with Crippen LogP contribution in [-0.4, -0.2) is 26.0 Å². The highest BCUT2D eigenvalue weighted by Gasteiger charge is 2.17. The molecule has 0 saturated heterocycles. The van der Waals surface area contributed by atoms with Gasteiger partial charge in [0.2, 0.25) is 11.9 Å². The maximum Gasteiger partial charge on any atom is 0.328 e. The second-order valence-corrected chi connectivity index (χ2v) is 7.43. The molecule has 0 saturated carbocycles. The maximum atomic E-state index is 5.75. The fourth-order valence-electron chi connectivity index (χ4n) is 1.78. The number of benzene rings is 1. The zero-order chi connectivity index (χ0) is 17.1. The van der Waals surface area contributed by atoms with E-state index in [2.05, 4.69) is 25.6 Å². The molecule has 6 nitrogen and oxygen atoms in total. The highest BCUT2D eigenvalue weighted by molar-refractivity contribution is 5.39. The summed E-state index contributed by atoms with van der Waals surface area (Å²) >= 11 is 0. The summed E-state index contributed by atoms with van der Waals surface area (Å²) in [5, 5.41) is 6.50. The van der Waals surface area contributed by atoms with Gasteiger partial charge in [0.05, 0.1) is 0 Å². The fraction of sp³-hybridized carbons (Fsp3) is 0.471. The average Bonchev–Trinajstić information content (AvgIpc) is 2.35. The van der Waals surface area contributed by atoms with Crippen LogP contribution in [0.5, 0.6) is 11.8 Å². The normalized spacial score (nSPS) is 11.9. The minimum atomic E-state index is -0.162. The van der Waals surface area contributed by atoms with Crippen LogP contribution in [0, 0.1) is 0 Å². The Morgan fingerprint density at radius 1 is 0.739 bits per heavy atom. The van der Waals surface area contributed by atoms with E-state index in [9.17, 15) is 0 Å². The molecule has 0 unspecified atom stereocenters. The van der Waals surface area contributed by atoms with Crippen molar-refractivity contribution < 1.29 is 4.74 Å². The molecule has 2 N–H and O–H groups in total. The summed E-state index contributed by atoms with van der Waals surface area (Å²) in [5.41, 5.74) is -0.325. The molecule has 0 radical (unpaired) electrons. The smallest absolute Gasteiger partial charge is 0.328 e. The molecule has 0 atom stereocenters. The molecule has 0 spiro atoms. The summed E-state index contributed by atoms with van der Waals surface area (Å²) in [6, 6.07) is 9.71. The Hall–Kier alpha value is -2.37. The number of aromatic nitrogens is 3. The van der Waals surface area contributed by atoms with Crippen molar-refractivity contribution in [3.63, 3.8) is 0 Å². The van der Waals surface area contributed by atoms with Crippen LogP contribution in [0.3, 0.4) is 0 Å². The number of ether oxygens (including phenoxy) is 1. The number of rotatable bonds is 4. The summed E-state index contributed by atoms with van der Waals surface area (Å²) in [6.07, 6.45) is 0. The van der Waals surface area contributed by atoms with E-state index in [-0.39, 0.29) is 17.1 Å². The van der Waals surface area contributed by atoms with Crippen molar-refractivity contribution in [2.24, 2.45) is 0 Å². The van der Waals surface area contributed by atoms with Gasteiger partial charge in [0, 0.05) is 11.1 Å². The number of nitrogens with one attached hydrogen (secondary N) is 2. The van der Waals surface area contributed by atoms with E-state index in [0.717, 1.165) is 0 Å². The van der Waals surface area contributed by atoms with E-state index >= 15 is 0 Å². The second-order valence-electron chi connectivity index (χ2n) is 7.43. The molecule has 1 aromatic carbocycles. The van der Waals surface area contributed by atoms with Gasteiger partial charge in [-0.1, -0.05) is 18.2 Å². The van der Waals surface area contributed by atoms with E-state index in [1.54, 1.807) is 0 Å². The van der Waals surface area contributed by atoms with E-state index in [4.69, 9.17) is 4.74 Å². The predicted molar refractivity (Wildman–Crippen MR) is 93.1 cm³/mol. The van der Waals surface area contributed by atoms with Crippen molar-refractivity contribution in [3.05, 3.63) is 30.3 Å². The van der Waals surface area contributed by atoms with E-state index in [1.165, 1.54) is 0 Å². The quantitative estimate of drug-likeness (QED) is 0.885. The molecule has 0 fully saturated rings. The number of anilines is 2. The minimum absolute atomic E-state index is 0.162. The Kier molecular flexibility index (Phi) is 4.73. The van der Waals surface area contributed by atoms with Gasteiger partial charge >= 0.3 is 6.01 Å². The second kappa shape index (κ2) is 6.40. The molecule has 23 heavy (non-hydrogen) atoms. The largest absolute Gasteiger partial charge is 0.424 e. The summed E-state index contributed by atoms with van der Waals surface area (Å²) < 4.78 is 5.75. The SMILES string of the molecule is CC(C)(C)Nc1nc(NC(C)(C)C)nc(Oc2ccccc2)n1. The molecule has 0 aliphatic carbocycles. The summed E-state index contributed by atoms with van der Waals surface area (Å²) in [4.78, 5) is 13.1. The van der Waals surface area contributed by atoms with Crippen molar-refractivity contribution in [2.75, 3.05) is 10.6 Å². The molecule has 0 amide bonds. The zero-order valence-corrected chi connectivity index (χ0v) is 14.6. The van der Waals surface area contributed by atoms with Crippen LogP contribution in [0.4, 0.5) is 11.9 Å². The molecular formula is C17H25N5O. The summed E-state index contributed by atoms with van der Waals surface area (Å²) in [7, 11) is 0. The zero-order valence-electron chi connectivity index (χ0n) is 14.6. The molecule has 2 rings (SSSR count). The molecule has 0 aliphatic heterocycles. The van der Waals surface area contributed by atoms with Gasteiger partial charge < -0.3 is 15.4 Å². The van der Waals surface area contributed by atoms with Gasteiger partial charge in [0.25, 0.3) is 0 Å². The first-order valence-electron chi connectivity index (χ1n) is 7.66. The van der Waals surface area contributed by atoms with E-state index in [0.29, 0.717) is 17.6 Å². The van der Waals surface area contributed by atoms with Crippen LogP contribution in [-0.2, 0) is 0 Å². The first-order valence-corrected chi connectivity index (χ1v) is 7.66. The van der Waals surface area contributed by atoms with E-state index in [1.807, 2.05) is 71.9 Å². The van der Waals surface area contributed by atoms with Gasteiger partial charge in [0.1, 0.15) is 5.75 Å². The molecule has 1 heterocycles. The topological polar surface area (TPSA) is 72.0 Å². The van der Waals surface area contributed by atoms with Crippen LogP contribution in [0.1, 0.15) is 41.5 Å². The maximum absolute atomic E-state index is 5.75. The lowest BCUT2D eigenvalue weighted by Gasteiger charge is -2.23. The Morgan fingerprint density at radius 3 is 1.65 bits per heavy atom. The predicted octanol–water partition coefficient (Wildman–Crippen LogP) is 4.08. The first-order chi connectivity index (χ1) is 10.6. The van der Waals surface area contributed by atoms with Crippen molar-refractivity contribution in [1.29, 1.82) is 0 Å². The van der Waals surface area contributed by atoms with Gasteiger partial charge in [-0.3, -0.25) is 0 Å². The average molecular weight is 315 g/mol. The lowest BCUT2D eigenvalue weighted by atomic mass is 10.1. The van der Waals surface area contributed by atoms with Crippen molar-refractivity contribution >= 4 is 11.9 Å². The third kappa shape index (κ3) is 6.10. The Balaban J connectivity index is 2.32. The molecule has 6 heteroatoms. The Morgan fingerprint density at radius 2 is 1.22 bits per heavy atom.